The summed E-state index contributed by atoms with van der Waals surface area (Å²) in [6.07, 6.45) is 1.15. The summed E-state index contributed by atoms with van der Waals surface area (Å²) in [4.78, 5) is 28.0. The third-order valence-corrected chi connectivity index (χ3v) is 3.74. The number of fused-ring (bicyclic) bond motifs is 1. The predicted molar refractivity (Wildman–Crippen MR) is 92.9 cm³/mol. The quantitative estimate of drug-likeness (QED) is 0.274. The number of ketones is 1. The highest BCUT2D eigenvalue weighted by Gasteiger charge is 2.18. The van der Waals surface area contributed by atoms with Gasteiger partial charge in [-0.05, 0) is 17.7 Å². The Balaban J connectivity index is 2.05. The number of hydrogen-bond donors (Lipinski definition) is 3. The monoisotopic (exact) mass is 337 g/mol. The molecule has 0 aliphatic rings. The Bertz CT molecular complexity index is 989. The summed E-state index contributed by atoms with van der Waals surface area (Å²) in [7, 11) is 0. The van der Waals surface area contributed by atoms with Gasteiger partial charge < -0.3 is 16.8 Å². The Kier molecular flexibility index (Phi) is 4.17. The molecule has 2 aromatic carbocycles. The molecule has 5 N–H and O–H groups in total. The van der Waals surface area contributed by atoms with Crippen LogP contribution in [-0.2, 0) is 11.2 Å². The van der Waals surface area contributed by atoms with Crippen molar-refractivity contribution in [1.82, 2.24) is 9.66 Å². The number of benzene rings is 2. The van der Waals surface area contributed by atoms with Crippen LogP contribution >= 0.6 is 0 Å². The number of hydrogen-bond acceptors (Lipinski definition) is 6. The summed E-state index contributed by atoms with van der Waals surface area (Å²) in [5, 5.41) is 12.4. The number of carbonyl (C=O) groups excluding carboxylic acids is 1. The van der Waals surface area contributed by atoms with Gasteiger partial charge >= 0.3 is 5.97 Å². The molecule has 0 unspecified atom stereocenters. The van der Waals surface area contributed by atoms with Crippen LogP contribution in [0.15, 0.2) is 47.6 Å². The number of carboxylic acid groups (broad SMARTS) is 1. The minimum atomic E-state index is -1.05. The van der Waals surface area contributed by atoms with E-state index < -0.39 is 5.97 Å². The van der Waals surface area contributed by atoms with Crippen LogP contribution in [0.3, 0.4) is 0 Å². The first-order valence-electron chi connectivity index (χ1n) is 7.36. The van der Waals surface area contributed by atoms with Gasteiger partial charge in [0.1, 0.15) is 17.8 Å². The van der Waals surface area contributed by atoms with Crippen molar-refractivity contribution in [1.29, 1.82) is 0 Å². The lowest BCUT2D eigenvalue weighted by atomic mass is 10.0. The molecule has 0 amide bonds. The number of nitrogens with two attached hydrogens (primary N) is 2. The maximum atomic E-state index is 12.8. The van der Waals surface area contributed by atoms with Crippen molar-refractivity contribution in [2.45, 2.75) is 6.42 Å². The highest BCUT2D eigenvalue weighted by atomic mass is 16.4. The van der Waals surface area contributed by atoms with Gasteiger partial charge in [0.25, 0.3) is 0 Å². The average Bonchev–Trinajstić information content (AvgIpc) is 2.91. The maximum Gasteiger partial charge on any atom is 0.311 e. The maximum absolute atomic E-state index is 12.8. The molecule has 0 aliphatic heterocycles. The Hall–Kier alpha value is -3.68. The zero-order chi connectivity index (χ0) is 18.0. The molecule has 126 valence electrons. The average molecular weight is 337 g/mol. The molecular formula is C17H15N5O3. The summed E-state index contributed by atoms with van der Waals surface area (Å²) < 4.78 is 1.20. The second kappa shape index (κ2) is 6.44. The standard InChI is InChI=1S/C17H15N5O3/c18-20-9-10-4-6-11(7-5-10)17(25)12-2-1-3-13-16(12)21-14(22(13)19)8-15(23)24/h1-7,9H,8,18-19H2,(H,23,24). The van der Waals surface area contributed by atoms with Crippen molar-refractivity contribution >= 4 is 29.0 Å². The number of imidazole rings is 1. The zero-order valence-electron chi connectivity index (χ0n) is 13.1. The summed E-state index contributed by atoms with van der Waals surface area (Å²) in [5.41, 5.74) is 2.46. The summed E-state index contributed by atoms with van der Waals surface area (Å²) in [5.74, 6) is 9.90. The van der Waals surface area contributed by atoms with Crippen LogP contribution in [0.4, 0.5) is 0 Å². The van der Waals surface area contributed by atoms with E-state index in [0.29, 0.717) is 22.2 Å². The molecule has 1 heterocycles. The third-order valence-electron chi connectivity index (χ3n) is 3.74. The van der Waals surface area contributed by atoms with Gasteiger partial charge in [0.15, 0.2) is 5.78 Å². The smallest absolute Gasteiger partial charge is 0.311 e. The Morgan fingerprint density at radius 1 is 1.20 bits per heavy atom. The van der Waals surface area contributed by atoms with Crippen LogP contribution in [-0.4, -0.2) is 32.7 Å². The van der Waals surface area contributed by atoms with Crippen LogP contribution in [0.2, 0.25) is 0 Å². The van der Waals surface area contributed by atoms with E-state index in [1.165, 1.54) is 10.9 Å². The SMILES string of the molecule is NN=Cc1ccc(C(=O)c2cccc3c2nc(CC(=O)O)n3N)cc1. The molecule has 0 saturated carbocycles. The molecule has 0 fully saturated rings. The Morgan fingerprint density at radius 2 is 1.92 bits per heavy atom. The van der Waals surface area contributed by atoms with Gasteiger partial charge in [-0.25, -0.2) is 9.66 Å². The summed E-state index contributed by atoms with van der Waals surface area (Å²) in [6, 6.07) is 11.8. The largest absolute Gasteiger partial charge is 0.481 e. The molecule has 0 radical (unpaired) electrons. The van der Waals surface area contributed by atoms with E-state index in [1.54, 1.807) is 42.5 Å². The van der Waals surface area contributed by atoms with Crippen molar-refractivity contribution in [2.75, 3.05) is 5.84 Å². The first-order chi connectivity index (χ1) is 12.0. The van der Waals surface area contributed by atoms with Gasteiger partial charge in [0.05, 0.1) is 17.3 Å². The topological polar surface area (TPSA) is 137 Å². The first-order valence-corrected chi connectivity index (χ1v) is 7.36. The van der Waals surface area contributed by atoms with E-state index in [2.05, 4.69) is 10.1 Å². The number of aliphatic carboxylic acids is 1. The van der Waals surface area contributed by atoms with E-state index >= 15 is 0 Å². The van der Waals surface area contributed by atoms with E-state index in [9.17, 15) is 9.59 Å². The number of aromatic nitrogens is 2. The van der Waals surface area contributed by atoms with Crippen molar-refractivity contribution in [3.8, 4) is 0 Å². The van der Waals surface area contributed by atoms with Crippen LogP contribution in [0.5, 0.6) is 0 Å². The van der Waals surface area contributed by atoms with E-state index in [0.717, 1.165) is 5.56 Å². The number of hydrazone groups is 1. The molecule has 8 heteroatoms. The highest BCUT2D eigenvalue weighted by molar-refractivity contribution is 6.15. The minimum Gasteiger partial charge on any atom is -0.481 e. The van der Waals surface area contributed by atoms with E-state index in [4.69, 9.17) is 16.8 Å². The predicted octanol–water partition coefficient (Wildman–Crippen LogP) is 0.901. The fourth-order valence-electron chi connectivity index (χ4n) is 2.57. The van der Waals surface area contributed by atoms with Gasteiger partial charge in [0.2, 0.25) is 0 Å². The fourth-order valence-corrected chi connectivity index (χ4v) is 2.57. The molecule has 0 saturated heterocycles. The molecule has 0 aliphatic carbocycles. The lowest BCUT2D eigenvalue weighted by Gasteiger charge is -2.03. The summed E-state index contributed by atoms with van der Waals surface area (Å²) in [6.45, 7) is 0. The molecule has 0 spiro atoms. The Labute approximate surface area is 142 Å². The normalized spacial score (nSPS) is 11.2. The summed E-state index contributed by atoms with van der Waals surface area (Å²) >= 11 is 0. The van der Waals surface area contributed by atoms with Crippen molar-refractivity contribution < 1.29 is 14.7 Å². The fraction of sp³-hybridized carbons (Fsp3) is 0.0588. The number of carbonyl (C=O) groups is 2. The number of rotatable bonds is 5. The molecule has 0 atom stereocenters. The molecular weight excluding hydrogens is 322 g/mol. The molecule has 0 bridgehead atoms. The molecule has 1 aromatic heterocycles. The van der Waals surface area contributed by atoms with Gasteiger partial charge in [-0.1, -0.05) is 30.3 Å². The lowest BCUT2D eigenvalue weighted by Crippen LogP contribution is -2.15. The van der Waals surface area contributed by atoms with Crippen molar-refractivity contribution in [2.24, 2.45) is 10.9 Å². The van der Waals surface area contributed by atoms with E-state index in [1.807, 2.05) is 0 Å². The van der Waals surface area contributed by atoms with Crippen molar-refractivity contribution in [3.05, 3.63) is 65.0 Å². The molecule has 8 nitrogen and oxygen atoms in total. The molecule has 25 heavy (non-hydrogen) atoms. The van der Waals surface area contributed by atoms with Crippen LogP contribution in [0, 0.1) is 0 Å². The Morgan fingerprint density at radius 3 is 2.56 bits per heavy atom. The number of nitrogen functional groups attached to an aromatic ring is 1. The molecule has 3 aromatic rings. The number of para-hydroxylation sites is 1. The van der Waals surface area contributed by atoms with E-state index in [-0.39, 0.29) is 18.0 Å². The number of carboxylic acids is 1. The second-order valence-corrected chi connectivity index (χ2v) is 5.37. The second-order valence-electron chi connectivity index (χ2n) is 5.37. The van der Waals surface area contributed by atoms with Gasteiger partial charge in [0, 0.05) is 5.56 Å². The van der Waals surface area contributed by atoms with Crippen LogP contribution in [0.1, 0.15) is 27.3 Å². The minimum absolute atomic E-state index is 0.178. The van der Waals surface area contributed by atoms with Gasteiger partial charge in [-0.2, -0.15) is 5.10 Å². The first kappa shape index (κ1) is 16.2. The third kappa shape index (κ3) is 3.05. The van der Waals surface area contributed by atoms with Crippen LogP contribution in [0.25, 0.3) is 11.0 Å². The highest BCUT2D eigenvalue weighted by Crippen LogP contribution is 2.21. The lowest BCUT2D eigenvalue weighted by molar-refractivity contribution is -0.136. The van der Waals surface area contributed by atoms with Crippen molar-refractivity contribution in [3.63, 3.8) is 0 Å². The van der Waals surface area contributed by atoms with Crippen LogP contribution < -0.4 is 11.7 Å². The zero-order valence-corrected chi connectivity index (χ0v) is 13.1. The van der Waals surface area contributed by atoms with Gasteiger partial charge in [-0.3, -0.25) is 9.59 Å². The van der Waals surface area contributed by atoms with Gasteiger partial charge in [-0.15, -0.1) is 0 Å². The number of nitrogens with zero attached hydrogens (tertiary/aromatic N) is 3. The molecule has 3 rings (SSSR count).